The van der Waals surface area contributed by atoms with Gasteiger partial charge in [-0.25, -0.2) is 9.37 Å². The minimum absolute atomic E-state index is 0.234. The molecule has 2 N–H and O–H groups in total. The quantitative estimate of drug-likeness (QED) is 0.853. The molecule has 0 aliphatic carbocycles. The first-order chi connectivity index (χ1) is 11.6. The van der Waals surface area contributed by atoms with E-state index in [0.29, 0.717) is 18.8 Å². The molecule has 0 bridgehead atoms. The maximum Gasteiger partial charge on any atom is 0.253 e. The Morgan fingerprint density at radius 3 is 2.79 bits per heavy atom. The second-order valence-electron chi connectivity index (χ2n) is 5.39. The second-order valence-corrected chi connectivity index (χ2v) is 6.23. The number of thiazole rings is 1. The van der Waals surface area contributed by atoms with E-state index in [9.17, 15) is 14.3 Å². The lowest BCUT2D eigenvalue weighted by Crippen LogP contribution is -2.36. The van der Waals surface area contributed by atoms with Crippen molar-refractivity contribution in [3.05, 3.63) is 46.7 Å². The minimum Gasteiger partial charge on any atom is -0.378 e. The predicted octanol–water partition coefficient (Wildman–Crippen LogP) is 1.47. The molecule has 0 saturated carbocycles. The lowest BCUT2D eigenvalue weighted by Gasteiger charge is -2.26. The SMILES string of the molecule is O=C(NCc1csc(N2CCOCC2)n1)[C@H](O)c1ccc(F)cc1. The van der Waals surface area contributed by atoms with Gasteiger partial charge in [0.15, 0.2) is 11.2 Å². The molecule has 1 aromatic heterocycles. The predicted molar refractivity (Wildman–Crippen MR) is 88.4 cm³/mol. The molecular weight excluding hydrogens is 333 g/mol. The summed E-state index contributed by atoms with van der Waals surface area (Å²) in [7, 11) is 0. The minimum atomic E-state index is -1.33. The van der Waals surface area contributed by atoms with Crippen LogP contribution >= 0.6 is 11.3 Å². The number of amides is 1. The Bertz CT molecular complexity index is 686. The highest BCUT2D eigenvalue weighted by Gasteiger charge is 2.18. The second kappa shape index (κ2) is 7.69. The smallest absolute Gasteiger partial charge is 0.253 e. The van der Waals surface area contributed by atoms with Gasteiger partial charge >= 0.3 is 0 Å². The summed E-state index contributed by atoms with van der Waals surface area (Å²) in [5.41, 5.74) is 1.09. The van der Waals surface area contributed by atoms with Gasteiger partial charge < -0.3 is 20.1 Å². The molecule has 2 heterocycles. The number of nitrogens with zero attached hydrogens (tertiary/aromatic N) is 2. The fraction of sp³-hybridized carbons (Fsp3) is 0.375. The van der Waals surface area contributed by atoms with E-state index < -0.39 is 17.8 Å². The molecule has 1 amide bonds. The number of hydrogen-bond acceptors (Lipinski definition) is 6. The summed E-state index contributed by atoms with van der Waals surface area (Å²) >= 11 is 1.52. The van der Waals surface area contributed by atoms with E-state index >= 15 is 0 Å². The van der Waals surface area contributed by atoms with Gasteiger partial charge in [0.05, 0.1) is 25.5 Å². The van der Waals surface area contributed by atoms with Gasteiger partial charge in [0.2, 0.25) is 0 Å². The third kappa shape index (κ3) is 4.08. The van der Waals surface area contributed by atoms with Crippen molar-refractivity contribution in [2.24, 2.45) is 0 Å². The van der Waals surface area contributed by atoms with Gasteiger partial charge in [0, 0.05) is 18.5 Å². The number of carbonyl (C=O) groups is 1. The van der Waals surface area contributed by atoms with Crippen molar-refractivity contribution in [1.82, 2.24) is 10.3 Å². The third-order valence-corrected chi connectivity index (χ3v) is 4.65. The van der Waals surface area contributed by atoms with E-state index in [1.807, 2.05) is 5.38 Å². The largest absolute Gasteiger partial charge is 0.378 e. The van der Waals surface area contributed by atoms with Crippen LogP contribution in [0.2, 0.25) is 0 Å². The van der Waals surface area contributed by atoms with E-state index in [-0.39, 0.29) is 6.54 Å². The van der Waals surface area contributed by atoms with Crippen molar-refractivity contribution in [2.75, 3.05) is 31.2 Å². The summed E-state index contributed by atoms with van der Waals surface area (Å²) in [5.74, 6) is -0.952. The van der Waals surface area contributed by atoms with Crippen LogP contribution in [0.3, 0.4) is 0 Å². The summed E-state index contributed by atoms with van der Waals surface area (Å²) in [5, 5.41) is 15.4. The first-order valence-electron chi connectivity index (χ1n) is 7.62. The normalized spacial score (nSPS) is 16.0. The number of morpholine rings is 1. The molecule has 1 atom stereocenters. The Balaban J connectivity index is 1.54. The van der Waals surface area contributed by atoms with Crippen LogP contribution in [0.5, 0.6) is 0 Å². The summed E-state index contributed by atoms with van der Waals surface area (Å²) < 4.78 is 18.2. The van der Waals surface area contributed by atoms with Crippen LogP contribution in [-0.2, 0) is 16.1 Å². The van der Waals surface area contributed by atoms with E-state index in [0.717, 1.165) is 23.9 Å². The molecule has 24 heavy (non-hydrogen) atoms. The number of hydrogen-bond donors (Lipinski definition) is 2. The first kappa shape index (κ1) is 16.8. The molecule has 8 heteroatoms. The van der Waals surface area contributed by atoms with E-state index in [1.54, 1.807) is 0 Å². The molecule has 0 radical (unpaired) electrons. The molecule has 1 saturated heterocycles. The van der Waals surface area contributed by atoms with E-state index in [4.69, 9.17) is 4.74 Å². The molecule has 2 aromatic rings. The van der Waals surface area contributed by atoms with Gasteiger partial charge in [-0.2, -0.15) is 0 Å². The summed E-state index contributed by atoms with van der Waals surface area (Å²) in [6.07, 6.45) is -1.33. The van der Waals surface area contributed by atoms with Gasteiger partial charge in [-0.1, -0.05) is 12.1 Å². The average Bonchev–Trinajstić information content (AvgIpc) is 3.09. The lowest BCUT2D eigenvalue weighted by molar-refractivity contribution is -0.129. The zero-order valence-electron chi connectivity index (χ0n) is 12.9. The van der Waals surface area contributed by atoms with E-state index in [2.05, 4.69) is 15.2 Å². The topological polar surface area (TPSA) is 74.7 Å². The molecule has 1 aromatic carbocycles. The number of aliphatic hydroxyl groups is 1. The molecule has 128 valence electrons. The van der Waals surface area contributed by atoms with Crippen LogP contribution in [0.25, 0.3) is 0 Å². The molecule has 1 aliphatic rings. The van der Waals surface area contributed by atoms with Crippen LogP contribution < -0.4 is 10.2 Å². The van der Waals surface area contributed by atoms with Gasteiger partial charge in [-0.3, -0.25) is 4.79 Å². The van der Waals surface area contributed by atoms with Gasteiger partial charge in [0.25, 0.3) is 5.91 Å². The number of nitrogens with one attached hydrogen (secondary N) is 1. The Morgan fingerprint density at radius 1 is 1.38 bits per heavy atom. The standard InChI is InChI=1S/C16H18FN3O3S/c17-12-3-1-11(2-4-12)14(21)15(22)18-9-13-10-24-16(19-13)20-5-7-23-8-6-20/h1-4,10,14,21H,5-9H2,(H,18,22)/t14-/m1/s1. The zero-order chi connectivity index (χ0) is 16.9. The van der Waals surface area contributed by atoms with Crippen LogP contribution in [0.15, 0.2) is 29.6 Å². The van der Waals surface area contributed by atoms with Crippen molar-refractivity contribution in [3.8, 4) is 0 Å². The Labute approximate surface area is 142 Å². The third-order valence-electron chi connectivity index (χ3n) is 3.70. The fourth-order valence-corrected chi connectivity index (χ4v) is 3.23. The van der Waals surface area contributed by atoms with Crippen LogP contribution in [0.4, 0.5) is 9.52 Å². The maximum absolute atomic E-state index is 12.9. The summed E-state index contributed by atoms with van der Waals surface area (Å²) in [6.45, 7) is 3.23. The molecule has 1 aliphatic heterocycles. The average molecular weight is 351 g/mol. The Kier molecular flexibility index (Phi) is 5.39. The fourth-order valence-electron chi connectivity index (χ4n) is 2.35. The summed E-state index contributed by atoms with van der Waals surface area (Å²) in [6, 6.07) is 5.19. The first-order valence-corrected chi connectivity index (χ1v) is 8.50. The number of halogens is 1. The van der Waals surface area contributed by atoms with Crippen molar-refractivity contribution < 1.29 is 19.0 Å². The van der Waals surface area contributed by atoms with Crippen molar-refractivity contribution in [1.29, 1.82) is 0 Å². The Hall–Kier alpha value is -2.03. The number of carbonyl (C=O) groups excluding carboxylic acids is 1. The number of ether oxygens (including phenoxy) is 1. The molecule has 3 rings (SSSR count). The van der Waals surface area contributed by atoms with E-state index in [1.165, 1.54) is 35.6 Å². The molecular formula is C16H18FN3O3S. The van der Waals surface area contributed by atoms with Gasteiger partial charge in [-0.05, 0) is 17.7 Å². The van der Waals surface area contributed by atoms with Crippen LogP contribution in [0.1, 0.15) is 17.4 Å². The van der Waals surface area contributed by atoms with Crippen LogP contribution in [-0.4, -0.2) is 42.3 Å². The van der Waals surface area contributed by atoms with Crippen molar-refractivity contribution in [2.45, 2.75) is 12.6 Å². The molecule has 0 unspecified atom stereocenters. The van der Waals surface area contributed by atoms with Gasteiger partial charge in [-0.15, -0.1) is 11.3 Å². The van der Waals surface area contributed by atoms with Crippen molar-refractivity contribution in [3.63, 3.8) is 0 Å². The lowest BCUT2D eigenvalue weighted by atomic mass is 10.1. The molecule has 0 spiro atoms. The number of aromatic nitrogens is 1. The number of aliphatic hydroxyl groups excluding tert-OH is 1. The van der Waals surface area contributed by atoms with Gasteiger partial charge in [0.1, 0.15) is 5.82 Å². The monoisotopic (exact) mass is 351 g/mol. The van der Waals surface area contributed by atoms with Crippen LogP contribution in [0, 0.1) is 5.82 Å². The Morgan fingerprint density at radius 2 is 2.08 bits per heavy atom. The molecule has 6 nitrogen and oxygen atoms in total. The molecule has 1 fully saturated rings. The zero-order valence-corrected chi connectivity index (χ0v) is 13.8. The highest BCUT2D eigenvalue weighted by Crippen LogP contribution is 2.21. The number of rotatable bonds is 5. The van der Waals surface area contributed by atoms with Crippen molar-refractivity contribution >= 4 is 22.4 Å². The number of anilines is 1. The maximum atomic E-state index is 12.9. The highest BCUT2D eigenvalue weighted by molar-refractivity contribution is 7.13. The highest BCUT2D eigenvalue weighted by atomic mass is 32.1. The number of benzene rings is 1. The summed E-state index contributed by atoms with van der Waals surface area (Å²) in [4.78, 5) is 18.6.